The number of allylic oxidation sites excluding steroid dienone is 12. The summed E-state index contributed by atoms with van der Waals surface area (Å²) >= 11 is 0. The molecule has 3 unspecified atom stereocenters. The Morgan fingerprint density at radius 3 is 1.66 bits per heavy atom. The maximum Gasteiger partial charge on any atom is 0.472 e. The Morgan fingerprint density at radius 1 is 0.680 bits per heavy atom. The Morgan fingerprint density at radius 2 is 1.16 bits per heavy atom. The molecule has 3 atom stereocenters. The lowest BCUT2D eigenvalue weighted by Crippen LogP contribution is -2.46. The van der Waals surface area contributed by atoms with E-state index >= 15 is 0 Å². The first-order valence-corrected chi connectivity index (χ1v) is 21.0. The zero-order valence-corrected chi connectivity index (χ0v) is 32.5. The first-order valence-electron chi connectivity index (χ1n) is 19.6. The minimum atomic E-state index is -4.32. The van der Waals surface area contributed by atoms with Gasteiger partial charge in [-0.2, -0.15) is 0 Å². The van der Waals surface area contributed by atoms with Crippen molar-refractivity contribution in [2.24, 2.45) is 5.73 Å². The van der Waals surface area contributed by atoms with Crippen LogP contribution in [-0.4, -0.2) is 47.8 Å². The molecule has 0 bridgehead atoms. The van der Waals surface area contributed by atoms with E-state index in [9.17, 15) is 19.4 Å². The lowest BCUT2D eigenvalue weighted by Gasteiger charge is -2.25. The number of rotatable bonds is 35. The quantitative estimate of drug-likeness (QED) is 0.0291. The molecule has 0 aromatic carbocycles. The molecule has 0 aliphatic rings. The van der Waals surface area contributed by atoms with Gasteiger partial charge in [-0.25, -0.2) is 4.57 Å². The summed E-state index contributed by atoms with van der Waals surface area (Å²) < 4.78 is 22.1. The van der Waals surface area contributed by atoms with E-state index < -0.39 is 20.0 Å². The van der Waals surface area contributed by atoms with Gasteiger partial charge in [-0.1, -0.05) is 151 Å². The predicted molar refractivity (Wildman–Crippen MR) is 212 cm³/mol. The highest BCUT2D eigenvalue weighted by Crippen LogP contribution is 2.43. The highest BCUT2D eigenvalue weighted by atomic mass is 31.2. The fourth-order valence-corrected chi connectivity index (χ4v) is 5.90. The van der Waals surface area contributed by atoms with Crippen molar-refractivity contribution in [1.29, 1.82) is 0 Å². The van der Waals surface area contributed by atoms with Gasteiger partial charge < -0.3 is 21.1 Å². The molecule has 288 valence electrons. The number of amides is 1. The maximum absolute atomic E-state index is 12.7. The second-order valence-electron chi connectivity index (χ2n) is 12.8. The van der Waals surface area contributed by atoms with Crippen LogP contribution in [0.15, 0.2) is 72.9 Å². The number of hydrogen-bond acceptors (Lipinski definition) is 6. The Hall–Kier alpha value is -2.06. The summed E-state index contributed by atoms with van der Waals surface area (Å²) in [7, 11) is -4.32. The molecule has 5 N–H and O–H groups in total. The SMILES string of the molecule is CC/C=C\C/C=C\C/C=C\C/C=C\C/C=C\C/C=C\CCCCC(=O)NC(COP(=O)(O)OCCN)C(O)CCCCCCCCCCCC. The van der Waals surface area contributed by atoms with Gasteiger partial charge in [0.15, 0.2) is 0 Å². The van der Waals surface area contributed by atoms with Crippen LogP contribution in [0.25, 0.3) is 0 Å². The van der Waals surface area contributed by atoms with Crippen molar-refractivity contribution in [3.05, 3.63) is 72.9 Å². The second kappa shape index (κ2) is 36.7. The summed E-state index contributed by atoms with van der Waals surface area (Å²) in [4.78, 5) is 22.6. The Kier molecular flexibility index (Phi) is 35.2. The van der Waals surface area contributed by atoms with Crippen LogP contribution in [0.4, 0.5) is 0 Å². The number of phosphoric ester groups is 1. The highest BCUT2D eigenvalue weighted by Gasteiger charge is 2.27. The fourth-order valence-electron chi connectivity index (χ4n) is 5.14. The van der Waals surface area contributed by atoms with Crippen molar-refractivity contribution >= 4 is 13.7 Å². The van der Waals surface area contributed by atoms with Gasteiger partial charge >= 0.3 is 7.82 Å². The summed E-state index contributed by atoms with van der Waals surface area (Å²) in [5, 5.41) is 13.7. The molecule has 0 aliphatic heterocycles. The van der Waals surface area contributed by atoms with E-state index in [1.165, 1.54) is 44.9 Å². The molecule has 0 aromatic heterocycles. The normalized spacial score (nSPS) is 15.1. The van der Waals surface area contributed by atoms with Gasteiger partial charge in [-0.3, -0.25) is 13.8 Å². The summed E-state index contributed by atoms with van der Waals surface area (Å²) in [6.07, 6.45) is 46.3. The van der Waals surface area contributed by atoms with Crippen LogP contribution in [0.3, 0.4) is 0 Å². The number of unbranched alkanes of at least 4 members (excludes halogenated alkanes) is 11. The van der Waals surface area contributed by atoms with Crippen LogP contribution in [0.2, 0.25) is 0 Å². The molecular weight excluding hydrogens is 647 g/mol. The first-order chi connectivity index (χ1) is 24.4. The van der Waals surface area contributed by atoms with E-state index in [-0.39, 0.29) is 25.7 Å². The van der Waals surface area contributed by atoms with E-state index in [1.54, 1.807) is 0 Å². The van der Waals surface area contributed by atoms with Gasteiger partial charge in [0.1, 0.15) is 0 Å². The van der Waals surface area contributed by atoms with Crippen LogP contribution in [0.1, 0.15) is 149 Å². The van der Waals surface area contributed by atoms with E-state index in [2.05, 4.69) is 92.1 Å². The number of nitrogens with two attached hydrogens (primary N) is 1. The predicted octanol–water partition coefficient (Wildman–Crippen LogP) is 10.5. The van der Waals surface area contributed by atoms with Crippen LogP contribution < -0.4 is 11.1 Å². The molecule has 9 heteroatoms. The molecule has 0 saturated carbocycles. The van der Waals surface area contributed by atoms with Gasteiger partial charge in [0, 0.05) is 13.0 Å². The van der Waals surface area contributed by atoms with Crippen molar-refractivity contribution < 1.29 is 28.4 Å². The van der Waals surface area contributed by atoms with Crippen molar-refractivity contribution in [2.75, 3.05) is 19.8 Å². The number of carbonyl (C=O) groups excluding carboxylic acids is 1. The van der Waals surface area contributed by atoms with Crippen LogP contribution >= 0.6 is 7.82 Å². The van der Waals surface area contributed by atoms with Gasteiger partial charge in [0.25, 0.3) is 0 Å². The smallest absolute Gasteiger partial charge is 0.391 e. The maximum atomic E-state index is 12.7. The molecule has 0 rings (SSSR count). The molecule has 0 spiro atoms. The average Bonchev–Trinajstić information content (AvgIpc) is 3.10. The van der Waals surface area contributed by atoms with Gasteiger partial charge in [0.2, 0.25) is 5.91 Å². The van der Waals surface area contributed by atoms with E-state index in [0.717, 1.165) is 70.6 Å². The van der Waals surface area contributed by atoms with Gasteiger partial charge in [-0.15, -0.1) is 0 Å². The summed E-state index contributed by atoms with van der Waals surface area (Å²) in [6, 6.07) is -0.800. The first kappa shape index (κ1) is 47.9. The van der Waals surface area contributed by atoms with E-state index in [1.807, 2.05) is 0 Å². The molecule has 0 radical (unpaired) electrons. The molecule has 1 amide bonds. The number of aliphatic hydroxyl groups excluding tert-OH is 1. The van der Waals surface area contributed by atoms with Crippen molar-refractivity contribution in [2.45, 2.75) is 161 Å². The zero-order chi connectivity index (χ0) is 36.8. The van der Waals surface area contributed by atoms with Crippen LogP contribution in [-0.2, 0) is 18.4 Å². The van der Waals surface area contributed by atoms with Gasteiger partial charge in [-0.05, 0) is 64.2 Å². The number of nitrogens with one attached hydrogen (secondary N) is 1. The fraction of sp³-hybridized carbons (Fsp3) is 0.683. The van der Waals surface area contributed by atoms with E-state index in [0.29, 0.717) is 19.3 Å². The molecule has 0 saturated heterocycles. The third-order valence-corrected chi connectivity index (χ3v) is 9.06. The lowest BCUT2D eigenvalue weighted by atomic mass is 10.0. The summed E-state index contributed by atoms with van der Waals surface area (Å²) in [6.45, 7) is 4.01. The third-order valence-electron chi connectivity index (χ3n) is 8.07. The van der Waals surface area contributed by atoms with Crippen LogP contribution in [0.5, 0.6) is 0 Å². The second-order valence-corrected chi connectivity index (χ2v) is 14.2. The summed E-state index contributed by atoms with van der Waals surface area (Å²) in [5.74, 6) is -0.209. The highest BCUT2D eigenvalue weighted by molar-refractivity contribution is 7.47. The molecule has 50 heavy (non-hydrogen) atoms. The molecule has 8 nitrogen and oxygen atoms in total. The number of carbonyl (C=O) groups is 1. The molecule has 0 heterocycles. The molecule has 0 aromatic rings. The lowest BCUT2D eigenvalue weighted by molar-refractivity contribution is -0.123. The number of phosphoric acid groups is 1. The molecule has 0 aliphatic carbocycles. The number of aliphatic hydroxyl groups is 1. The van der Waals surface area contributed by atoms with Gasteiger partial charge in [0.05, 0.1) is 25.4 Å². The largest absolute Gasteiger partial charge is 0.472 e. The Labute approximate surface area is 306 Å². The minimum Gasteiger partial charge on any atom is -0.391 e. The average molecular weight is 721 g/mol. The minimum absolute atomic E-state index is 0.0774. The van der Waals surface area contributed by atoms with Crippen molar-refractivity contribution in [3.63, 3.8) is 0 Å². The van der Waals surface area contributed by atoms with Crippen molar-refractivity contribution in [1.82, 2.24) is 5.32 Å². The monoisotopic (exact) mass is 721 g/mol. The standard InChI is InChI=1S/C41H73N2O6P/c1-3-5-7-9-11-13-15-16-17-18-19-20-21-22-23-24-25-27-29-31-33-35-41(45)43-39(38-49-50(46,47)48-37-36-42)40(44)34-32-30-28-26-14-12-10-8-6-4-2/h5,7,11,13,16-17,19-20,22-23,25,27,39-40,44H,3-4,6,8-10,12,14-15,18,21,24,26,28-38,42H2,1-2H3,(H,43,45)(H,46,47)/b7-5-,13-11-,17-16-,20-19-,23-22-,27-25-. The zero-order valence-electron chi connectivity index (χ0n) is 31.6. The summed E-state index contributed by atoms with van der Waals surface area (Å²) in [5.41, 5.74) is 5.35. The Balaban J connectivity index is 4.30. The van der Waals surface area contributed by atoms with Crippen LogP contribution in [0, 0.1) is 0 Å². The molecular formula is C41H73N2O6P. The third kappa shape index (κ3) is 34.4. The number of hydrogen-bond donors (Lipinski definition) is 4. The van der Waals surface area contributed by atoms with Crippen molar-refractivity contribution in [3.8, 4) is 0 Å². The Bertz CT molecular complexity index is 1010. The van der Waals surface area contributed by atoms with E-state index in [4.69, 9.17) is 14.8 Å². The topological polar surface area (TPSA) is 131 Å². The molecule has 0 fully saturated rings.